The first-order valence-electron chi connectivity index (χ1n) is 11.1. The molecule has 2 aromatic rings. The van der Waals surface area contributed by atoms with E-state index in [2.05, 4.69) is 5.32 Å². The molecule has 2 aliphatic heterocycles. The zero-order chi connectivity index (χ0) is 24.5. The minimum absolute atomic E-state index is 0.0359. The number of anilines is 2. The van der Waals surface area contributed by atoms with Crippen LogP contribution in [0.2, 0.25) is 0 Å². The molecule has 0 radical (unpaired) electrons. The fourth-order valence-electron chi connectivity index (χ4n) is 5.16. The summed E-state index contributed by atoms with van der Waals surface area (Å²) in [6.07, 6.45) is -3.92. The Hall–Kier alpha value is -3.25. The maximum atomic E-state index is 13.5. The third-order valence-corrected chi connectivity index (χ3v) is 7.03. The number of para-hydroxylation sites is 1. The zero-order valence-electron chi connectivity index (χ0n) is 19.2. The number of nitrogens with zero attached hydrogens (tertiary/aromatic N) is 3. The van der Waals surface area contributed by atoms with Gasteiger partial charge < -0.3 is 19.9 Å². The lowest BCUT2D eigenvalue weighted by Gasteiger charge is -2.42. The summed E-state index contributed by atoms with van der Waals surface area (Å²) in [5, 5.41) is 12.1. The number of likely N-dealkylation sites (tertiary alicyclic amines) is 1. The molecule has 0 aromatic heterocycles. The van der Waals surface area contributed by atoms with Gasteiger partial charge in [0.25, 0.3) is 0 Å². The molecule has 2 heterocycles. The number of fused-ring (bicyclic) bond motifs is 1. The number of alkyl halides is 3. The summed E-state index contributed by atoms with van der Waals surface area (Å²) in [6, 6.07) is 12.8. The van der Waals surface area contributed by atoms with Crippen LogP contribution in [0.4, 0.5) is 29.3 Å². The van der Waals surface area contributed by atoms with Crippen molar-refractivity contribution in [2.45, 2.75) is 19.5 Å². The van der Waals surface area contributed by atoms with Crippen molar-refractivity contribution in [2.75, 3.05) is 50.1 Å². The van der Waals surface area contributed by atoms with Crippen molar-refractivity contribution >= 4 is 17.4 Å². The van der Waals surface area contributed by atoms with Crippen molar-refractivity contribution in [3.63, 3.8) is 0 Å². The Kier molecular flexibility index (Phi) is 6.45. The van der Waals surface area contributed by atoms with Gasteiger partial charge in [0.05, 0.1) is 23.8 Å². The number of hydrogen-bond donors (Lipinski definition) is 1. The number of nitriles is 1. The molecule has 2 atom stereocenters. The number of hydrogen-bond acceptors (Lipinski definition) is 4. The predicted octanol–water partition coefficient (Wildman–Crippen LogP) is 4.89. The van der Waals surface area contributed by atoms with Gasteiger partial charge in [0.1, 0.15) is 0 Å². The molecule has 2 amide bonds. The van der Waals surface area contributed by atoms with Gasteiger partial charge in [0.2, 0.25) is 0 Å². The number of rotatable bonds is 4. The average Bonchev–Trinajstić information content (AvgIpc) is 3.18. The van der Waals surface area contributed by atoms with Crippen molar-refractivity contribution in [3.8, 4) is 6.07 Å². The highest BCUT2D eigenvalue weighted by Crippen LogP contribution is 2.45. The summed E-state index contributed by atoms with van der Waals surface area (Å²) in [5.74, 6) is 0.0359. The monoisotopic (exact) mass is 472 g/mol. The maximum absolute atomic E-state index is 13.5. The third-order valence-electron chi connectivity index (χ3n) is 7.03. The molecule has 34 heavy (non-hydrogen) atoms. The number of urea groups is 1. The molecule has 2 fully saturated rings. The summed E-state index contributed by atoms with van der Waals surface area (Å²) < 4.78 is 46.0. The van der Waals surface area contributed by atoms with E-state index in [-0.39, 0.29) is 17.4 Å². The van der Waals surface area contributed by atoms with Gasteiger partial charge in [-0.2, -0.15) is 18.4 Å². The number of halogens is 3. The molecule has 2 aromatic carbocycles. The molecular formula is C25H27F3N4O2. The summed E-state index contributed by atoms with van der Waals surface area (Å²) in [6.45, 7) is 4.44. The van der Waals surface area contributed by atoms with Crippen LogP contribution in [0.1, 0.15) is 23.1 Å². The van der Waals surface area contributed by atoms with Crippen LogP contribution in [0.5, 0.6) is 0 Å². The molecule has 9 heteroatoms. The topological polar surface area (TPSA) is 68.6 Å². The van der Waals surface area contributed by atoms with Crippen LogP contribution in [0, 0.1) is 29.6 Å². The van der Waals surface area contributed by atoms with Gasteiger partial charge >= 0.3 is 12.2 Å². The number of ether oxygens (including phenoxy) is 1. The van der Waals surface area contributed by atoms with Crippen LogP contribution >= 0.6 is 0 Å². The largest absolute Gasteiger partial charge is 0.417 e. The van der Waals surface area contributed by atoms with Gasteiger partial charge in [-0.25, -0.2) is 4.79 Å². The fraction of sp³-hybridized carbons (Fsp3) is 0.440. The highest BCUT2D eigenvalue weighted by Gasteiger charge is 2.50. The van der Waals surface area contributed by atoms with Gasteiger partial charge in [0.15, 0.2) is 0 Å². The van der Waals surface area contributed by atoms with E-state index >= 15 is 0 Å². The minimum Gasteiger partial charge on any atom is -0.384 e. The molecule has 0 aliphatic carbocycles. The van der Waals surface area contributed by atoms with Crippen LogP contribution in [0.3, 0.4) is 0 Å². The number of carbonyl (C=O) groups is 1. The number of aryl methyl sites for hydroxylation is 1. The van der Waals surface area contributed by atoms with Crippen LogP contribution in [-0.2, 0) is 10.9 Å². The number of methoxy groups -OCH3 is 1. The van der Waals surface area contributed by atoms with E-state index in [9.17, 15) is 18.0 Å². The van der Waals surface area contributed by atoms with E-state index in [1.807, 2.05) is 36.1 Å². The maximum Gasteiger partial charge on any atom is 0.417 e. The van der Waals surface area contributed by atoms with Crippen molar-refractivity contribution < 1.29 is 22.7 Å². The Bertz CT molecular complexity index is 1110. The van der Waals surface area contributed by atoms with Crippen molar-refractivity contribution in [1.82, 2.24) is 4.90 Å². The molecule has 4 rings (SSSR count). The highest BCUT2D eigenvalue weighted by molar-refractivity contribution is 5.90. The molecule has 1 N–H and O–H groups in total. The number of amides is 2. The van der Waals surface area contributed by atoms with Crippen LogP contribution in [0.15, 0.2) is 42.5 Å². The lowest BCUT2D eigenvalue weighted by Crippen LogP contribution is -2.51. The summed E-state index contributed by atoms with van der Waals surface area (Å²) in [5.41, 5.74) is 0.565. The molecule has 180 valence electrons. The first kappa shape index (κ1) is 23.9. The highest BCUT2D eigenvalue weighted by atomic mass is 19.4. The van der Waals surface area contributed by atoms with Crippen LogP contribution in [-0.4, -0.2) is 50.8 Å². The first-order valence-corrected chi connectivity index (χ1v) is 11.1. The van der Waals surface area contributed by atoms with Gasteiger partial charge in [-0.1, -0.05) is 18.2 Å². The van der Waals surface area contributed by atoms with Crippen molar-refractivity contribution in [3.05, 3.63) is 59.2 Å². The number of benzene rings is 2. The SMILES string of the molecule is COCC12CCN(C(=O)Nc3ccccc3C)CC1CN(c1ccc(C#N)c(C(F)(F)F)c1)C2. The van der Waals surface area contributed by atoms with Crippen molar-refractivity contribution in [2.24, 2.45) is 11.3 Å². The molecular weight excluding hydrogens is 445 g/mol. The van der Waals surface area contributed by atoms with Gasteiger partial charge in [0, 0.05) is 56.0 Å². The summed E-state index contributed by atoms with van der Waals surface area (Å²) in [4.78, 5) is 16.7. The lowest BCUT2D eigenvalue weighted by atomic mass is 9.73. The van der Waals surface area contributed by atoms with E-state index in [4.69, 9.17) is 10.00 Å². The van der Waals surface area contributed by atoms with E-state index < -0.39 is 17.3 Å². The molecule has 2 saturated heterocycles. The molecule has 2 aliphatic rings. The van der Waals surface area contributed by atoms with E-state index in [1.54, 1.807) is 24.1 Å². The van der Waals surface area contributed by atoms with E-state index in [1.165, 1.54) is 6.07 Å². The Morgan fingerprint density at radius 3 is 2.71 bits per heavy atom. The normalized spacial score (nSPS) is 22.3. The summed E-state index contributed by atoms with van der Waals surface area (Å²) >= 11 is 0. The van der Waals surface area contributed by atoms with E-state index in [0.29, 0.717) is 44.9 Å². The smallest absolute Gasteiger partial charge is 0.384 e. The van der Waals surface area contributed by atoms with Crippen LogP contribution < -0.4 is 10.2 Å². The Morgan fingerprint density at radius 1 is 1.26 bits per heavy atom. The third kappa shape index (κ3) is 4.55. The number of carbonyl (C=O) groups excluding carboxylic acids is 1. The average molecular weight is 473 g/mol. The fourth-order valence-corrected chi connectivity index (χ4v) is 5.16. The van der Waals surface area contributed by atoms with Gasteiger partial charge in [-0.05, 0) is 43.2 Å². The molecule has 0 saturated carbocycles. The number of piperidine rings is 1. The zero-order valence-corrected chi connectivity index (χ0v) is 19.2. The summed E-state index contributed by atoms with van der Waals surface area (Å²) in [7, 11) is 1.62. The quantitative estimate of drug-likeness (QED) is 0.688. The standard InChI is InChI=1S/C25H27F3N4O2/c1-17-5-3-4-6-22(17)30-23(33)31-10-9-24(16-34-2)15-32(14-19(24)13-31)20-8-7-18(12-29)21(11-20)25(26,27)28/h3-8,11,19H,9-10,13-16H2,1-2H3,(H,30,33). The predicted molar refractivity (Wildman–Crippen MR) is 123 cm³/mol. The Balaban J connectivity index is 1.54. The Labute approximate surface area is 196 Å². The lowest BCUT2D eigenvalue weighted by molar-refractivity contribution is -0.137. The Morgan fingerprint density at radius 2 is 2.03 bits per heavy atom. The minimum atomic E-state index is -4.61. The van der Waals surface area contributed by atoms with Crippen molar-refractivity contribution in [1.29, 1.82) is 5.26 Å². The van der Waals surface area contributed by atoms with Gasteiger partial charge in [-0.15, -0.1) is 0 Å². The van der Waals surface area contributed by atoms with Crippen LogP contribution in [0.25, 0.3) is 0 Å². The molecule has 6 nitrogen and oxygen atoms in total. The number of nitrogens with one attached hydrogen (secondary N) is 1. The first-order chi connectivity index (χ1) is 16.2. The molecule has 0 bridgehead atoms. The molecule has 0 spiro atoms. The second-order valence-electron chi connectivity index (χ2n) is 9.15. The molecule has 2 unspecified atom stereocenters. The van der Waals surface area contributed by atoms with E-state index in [0.717, 1.165) is 17.3 Å². The van der Waals surface area contributed by atoms with Gasteiger partial charge in [-0.3, -0.25) is 0 Å². The second kappa shape index (κ2) is 9.18. The second-order valence-corrected chi connectivity index (χ2v) is 9.15.